The van der Waals surface area contributed by atoms with Gasteiger partial charge in [0.2, 0.25) is 0 Å². The van der Waals surface area contributed by atoms with Crippen molar-refractivity contribution >= 4 is 21.8 Å². The van der Waals surface area contributed by atoms with Gasteiger partial charge in [0.1, 0.15) is 0 Å². The Bertz CT molecular complexity index is 2530. The molecule has 0 fully saturated rings. The molecule has 1 aromatic heterocycles. The normalized spacial score (nSPS) is 10.8. The number of rotatable bonds is 5. The van der Waals surface area contributed by atoms with Crippen LogP contribution in [-0.4, -0.2) is 4.57 Å². The highest BCUT2D eigenvalue weighted by Crippen LogP contribution is 2.39. The summed E-state index contributed by atoms with van der Waals surface area (Å²) < 4.78 is 2.31. The van der Waals surface area contributed by atoms with E-state index in [1.165, 1.54) is 33.0 Å². The highest BCUT2D eigenvalue weighted by molar-refractivity contribution is 6.11. The number of aromatic nitrogens is 1. The zero-order valence-electron chi connectivity index (χ0n) is 26.3. The van der Waals surface area contributed by atoms with Crippen LogP contribution in [0, 0.1) is 34.0 Å². The molecule has 7 aromatic carbocycles. The summed E-state index contributed by atoms with van der Waals surface area (Å²) in [6, 6.07) is 60.1. The lowest BCUT2D eigenvalue weighted by Gasteiger charge is -2.14. The summed E-state index contributed by atoms with van der Waals surface area (Å²) in [4.78, 5) is 0. The molecule has 0 aliphatic heterocycles. The first-order valence-electron chi connectivity index (χ1n) is 15.9. The zero-order valence-corrected chi connectivity index (χ0v) is 26.3. The molecule has 0 aliphatic rings. The Morgan fingerprint density at radius 2 is 0.857 bits per heavy atom. The first-order valence-corrected chi connectivity index (χ1v) is 15.9. The Morgan fingerprint density at radius 3 is 1.35 bits per heavy atom. The fraction of sp³-hybridized carbons (Fsp3) is 0. The molecule has 8 rings (SSSR count). The van der Waals surface area contributed by atoms with Crippen molar-refractivity contribution in [2.24, 2.45) is 0 Å². The molecule has 0 atom stereocenters. The van der Waals surface area contributed by atoms with Gasteiger partial charge in [0.15, 0.2) is 0 Å². The number of hydrogen-bond acceptors (Lipinski definition) is 3. The van der Waals surface area contributed by atoms with Gasteiger partial charge in [0.05, 0.1) is 45.9 Å². The molecule has 1 heterocycles. The average molecular weight is 623 g/mol. The summed E-state index contributed by atoms with van der Waals surface area (Å²) in [5.74, 6) is 0. The minimum absolute atomic E-state index is 0.289. The molecule has 0 N–H and O–H groups in total. The van der Waals surface area contributed by atoms with Crippen LogP contribution in [0.3, 0.4) is 0 Å². The largest absolute Gasteiger partial charge is 0.309 e. The fourth-order valence-electron chi connectivity index (χ4n) is 6.84. The maximum atomic E-state index is 9.99. The molecule has 0 radical (unpaired) electrons. The summed E-state index contributed by atoms with van der Waals surface area (Å²) in [5, 5.41) is 31.8. The van der Waals surface area contributed by atoms with Gasteiger partial charge in [-0.05, 0) is 87.5 Å². The molecule has 0 unspecified atom stereocenters. The van der Waals surface area contributed by atoms with E-state index in [9.17, 15) is 15.8 Å². The van der Waals surface area contributed by atoms with Gasteiger partial charge < -0.3 is 4.57 Å². The maximum absolute atomic E-state index is 9.99. The van der Waals surface area contributed by atoms with Gasteiger partial charge in [-0.3, -0.25) is 0 Å². The average Bonchev–Trinajstić information content (AvgIpc) is 3.51. The van der Waals surface area contributed by atoms with Crippen molar-refractivity contribution in [2.45, 2.75) is 0 Å². The van der Waals surface area contributed by atoms with E-state index in [4.69, 9.17) is 0 Å². The lowest BCUT2D eigenvalue weighted by molar-refractivity contribution is 1.18. The highest BCUT2D eigenvalue weighted by Gasteiger charge is 2.18. The third-order valence-electron chi connectivity index (χ3n) is 9.12. The smallest absolute Gasteiger partial charge is 0.0999 e. The molecule has 49 heavy (non-hydrogen) atoms. The van der Waals surface area contributed by atoms with Crippen LogP contribution < -0.4 is 0 Å². The Labute approximate surface area is 284 Å². The van der Waals surface area contributed by atoms with Crippen LogP contribution in [0.4, 0.5) is 0 Å². The van der Waals surface area contributed by atoms with Crippen LogP contribution in [-0.2, 0) is 0 Å². The van der Waals surface area contributed by atoms with Crippen LogP contribution in [0.15, 0.2) is 158 Å². The van der Waals surface area contributed by atoms with Crippen molar-refractivity contribution in [3.05, 3.63) is 174 Å². The fourth-order valence-corrected chi connectivity index (χ4v) is 6.84. The number of hydrogen-bond donors (Lipinski definition) is 0. The number of nitriles is 3. The molecule has 4 nitrogen and oxygen atoms in total. The third-order valence-corrected chi connectivity index (χ3v) is 9.12. The molecule has 0 spiro atoms. The predicted molar refractivity (Wildman–Crippen MR) is 197 cm³/mol. The van der Waals surface area contributed by atoms with Gasteiger partial charge in [-0.1, -0.05) is 109 Å². The second kappa shape index (κ2) is 12.2. The van der Waals surface area contributed by atoms with E-state index < -0.39 is 0 Å². The molecule has 0 saturated carbocycles. The second-order valence-electron chi connectivity index (χ2n) is 11.9. The van der Waals surface area contributed by atoms with Gasteiger partial charge in [-0.15, -0.1) is 0 Å². The Hall–Kier alpha value is -7.19. The molecule has 0 aliphatic carbocycles. The molecule has 8 aromatic rings. The molecule has 0 amide bonds. The highest BCUT2D eigenvalue weighted by atomic mass is 15.0. The monoisotopic (exact) mass is 622 g/mol. The lowest BCUT2D eigenvalue weighted by Crippen LogP contribution is -1.96. The van der Waals surface area contributed by atoms with Crippen molar-refractivity contribution in [1.82, 2.24) is 4.57 Å². The van der Waals surface area contributed by atoms with E-state index in [-0.39, 0.29) is 5.56 Å². The minimum atomic E-state index is 0.289. The summed E-state index contributed by atoms with van der Waals surface area (Å²) >= 11 is 0. The van der Waals surface area contributed by atoms with Gasteiger partial charge in [0.25, 0.3) is 0 Å². The van der Waals surface area contributed by atoms with E-state index in [1.54, 1.807) is 12.1 Å². The van der Waals surface area contributed by atoms with Gasteiger partial charge in [-0.2, -0.15) is 15.8 Å². The molecule has 226 valence electrons. The summed E-state index contributed by atoms with van der Waals surface area (Å²) in [7, 11) is 0. The van der Waals surface area contributed by atoms with Gasteiger partial charge >= 0.3 is 0 Å². The van der Waals surface area contributed by atoms with Crippen LogP contribution in [0.25, 0.3) is 72.0 Å². The molecule has 4 heteroatoms. The topological polar surface area (TPSA) is 76.3 Å². The standard InChI is InChI=1S/C45H26N4/c46-27-30-23-36(28-47)45(37(24-30)29-48)40-14-8-7-13-39(40)33-15-19-38(20-16-33)49-43-21-17-34(31-9-3-1-4-10-31)25-41(43)42-26-35(18-22-44(42)49)32-11-5-2-6-12-32/h1-26H. The quantitative estimate of drug-likeness (QED) is 0.192. The summed E-state index contributed by atoms with van der Waals surface area (Å²) in [6.45, 7) is 0. The second-order valence-corrected chi connectivity index (χ2v) is 11.9. The Balaban J connectivity index is 1.29. The SMILES string of the molecule is N#Cc1cc(C#N)c(-c2ccccc2-c2ccc(-n3c4ccc(-c5ccccc5)cc4c4cc(-c5ccccc5)ccc43)cc2)c(C#N)c1. The first-order chi connectivity index (χ1) is 24.2. The molecular weight excluding hydrogens is 597 g/mol. The molecule has 0 bridgehead atoms. The first kappa shape index (κ1) is 29.2. The number of benzene rings is 7. The van der Waals surface area contributed by atoms with Crippen LogP contribution >= 0.6 is 0 Å². The lowest BCUT2D eigenvalue weighted by atomic mass is 9.88. The maximum Gasteiger partial charge on any atom is 0.0999 e. The molecular formula is C45H26N4. The number of fused-ring (bicyclic) bond motifs is 3. The van der Waals surface area contributed by atoms with Crippen molar-refractivity contribution in [3.8, 4) is 68.4 Å². The minimum Gasteiger partial charge on any atom is -0.309 e. The van der Waals surface area contributed by atoms with Crippen molar-refractivity contribution in [1.29, 1.82) is 15.8 Å². The van der Waals surface area contributed by atoms with Crippen molar-refractivity contribution in [3.63, 3.8) is 0 Å². The van der Waals surface area contributed by atoms with E-state index in [0.717, 1.165) is 33.4 Å². The van der Waals surface area contributed by atoms with Gasteiger partial charge in [-0.25, -0.2) is 0 Å². The van der Waals surface area contributed by atoms with E-state index in [1.807, 2.05) is 36.4 Å². The predicted octanol–water partition coefficient (Wildman–Crippen LogP) is 11.1. The third kappa shape index (κ3) is 5.10. The summed E-state index contributed by atoms with van der Waals surface area (Å²) in [5.41, 5.74) is 12.0. The van der Waals surface area contributed by atoms with E-state index in [2.05, 4.69) is 132 Å². The molecule has 0 saturated heterocycles. The Morgan fingerprint density at radius 1 is 0.388 bits per heavy atom. The number of nitrogens with zero attached hydrogens (tertiary/aromatic N) is 4. The summed E-state index contributed by atoms with van der Waals surface area (Å²) in [6.07, 6.45) is 0. The van der Waals surface area contributed by atoms with Crippen LogP contribution in [0.2, 0.25) is 0 Å². The van der Waals surface area contributed by atoms with Crippen LogP contribution in [0.5, 0.6) is 0 Å². The zero-order chi connectivity index (χ0) is 33.3. The van der Waals surface area contributed by atoms with E-state index >= 15 is 0 Å². The van der Waals surface area contributed by atoms with E-state index in [0.29, 0.717) is 16.7 Å². The Kier molecular flexibility index (Phi) is 7.28. The van der Waals surface area contributed by atoms with Gasteiger partial charge in [0, 0.05) is 22.0 Å². The van der Waals surface area contributed by atoms with Crippen molar-refractivity contribution in [2.75, 3.05) is 0 Å². The van der Waals surface area contributed by atoms with Crippen molar-refractivity contribution < 1.29 is 0 Å². The van der Waals surface area contributed by atoms with Crippen LogP contribution in [0.1, 0.15) is 16.7 Å².